The summed E-state index contributed by atoms with van der Waals surface area (Å²) >= 11 is 6.30. The number of sulfone groups is 1. The van der Waals surface area contributed by atoms with Gasteiger partial charge in [-0.1, -0.05) is 73.1 Å². The van der Waals surface area contributed by atoms with Crippen molar-refractivity contribution in [2.24, 2.45) is 0 Å². The molecule has 0 saturated carbocycles. The molecule has 1 aliphatic rings. The van der Waals surface area contributed by atoms with Gasteiger partial charge in [0.05, 0.1) is 16.7 Å². The Morgan fingerprint density at radius 3 is 2.47 bits per heavy atom. The number of pyridine rings is 1. The summed E-state index contributed by atoms with van der Waals surface area (Å²) in [5.41, 5.74) is 3.78. The van der Waals surface area contributed by atoms with E-state index in [0.717, 1.165) is 16.8 Å². The summed E-state index contributed by atoms with van der Waals surface area (Å²) in [4.78, 5) is 4.61. The van der Waals surface area contributed by atoms with Crippen LogP contribution in [0.4, 0.5) is 0 Å². The first-order chi connectivity index (χ1) is 14.5. The average Bonchev–Trinajstić information content (AvgIpc) is 2.76. The van der Waals surface area contributed by atoms with E-state index in [4.69, 9.17) is 11.6 Å². The molecule has 5 heteroatoms. The molecule has 0 bridgehead atoms. The highest BCUT2D eigenvalue weighted by molar-refractivity contribution is 7.92. The van der Waals surface area contributed by atoms with E-state index in [1.54, 1.807) is 6.20 Å². The highest BCUT2D eigenvalue weighted by Crippen LogP contribution is 2.39. The third-order valence-electron chi connectivity index (χ3n) is 5.96. The Morgan fingerprint density at radius 2 is 1.77 bits per heavy atom. The van der Waals surface area contributed by atoms with Crippen molar-refractivity contribution in [1.82, 2.24) is 4.98 Å². The van der Waals surface area contributed by atoms with Gasteiger partial charge >= 0.3 is 0 Å². The van der Waals surface area contributed by atoms with Crippen molar-refractivity contribution in [2.75, 3.05) is 5.75 Å². The summed E-state index contributed by atoms with van der Waals surface area (Å²) in [5.74, 6) is 0.235. The molecule has 155 valence electrons. The Balaban J connectivity index is 1.61. The van der Waals surface area contributed by atoms with Crippen LogP contribution in [0.1, 0.15) is 42.7 Å². The monoisotopic (exact) mass is 438 g/mol. The zero-order chi connectivity index (χ0) is 21.1. The minimum atomic E-state index is -3.17. The van der Waals surface area contributed by atoms with Crippen molar-refractivity contribution in [2.45, 2.75) is 36.9 Å². The van der Waals surface area contributed by atoms with Gasteiger partial charge < -0.3 is 0 Å². The molecule has 2 heterocycles. The van der Waals surface area contributed by atoms with Crippen LogP contribution in [0.15, 0.2) is 72.9 Å². The Labute approximate surface area is 184 Å². The Hall–Kier alpha value is -2.17. The zero-order valence-corrected chi connectivity index (χ0v) is 18.5. The van der Waals surface area contributed by atoms with Gasteiger partial charge in [0.15, 0.2) is 9.84 Å². The predicted molar refractivity (Wildman–Crippen MR) is 123 cm³/mol. The fourth-order valence-corrected chi connectivity index (χ4v) is 6.58. The third kappa shape index (κ3) is 4.45. The fourth-order valence-electron chi connectivity index (χ4n) is 4.28. The minimum absolute atomic E-state index is 0.150. The van der Waals surface area contributed by atoms with Crippen molar-refractivity contribution < 1.29 is 8.42 Å². The molecule has 3 aromatic rings. The predicted octanol–water partition coefficient (Wildman–Crippen LogP) is 6.07. The molecule has 0 aliphatic carbocycles. The van der Waals surface area contributed by atoms with E-state index in [1.807, 2.05) is 54.6 Å². The Morgan fingerprint density at radius 1 is 1.03 bits per heavy atom. The van der Waals surface area contributed by atoms with Crippen molar-refractivity contribution in [3.8, 4) is 11.3 Å². The maximum Gasteiger partial charge on any atom is 0.153 e. The van der Waals surface area contributed by atoms with Gasteiger partial charge in [0.25, 0.3) is 0 Å². The number of rotatable bonds is 5. The van der Waals surface area contributed by atoms with Gasteiger partial charge in [-0.15, -0.1) is 0 Å². The van der Waals surface area contributed by atoms with Crippen LogP contribution >= 0.6 is 11.6 Å². The topological polar surface area (TPSA) is 47.0 Å². The first kappa shape index (κ1) is 21.1. The minimum Gasteiger partial charge on any atom is -0.256 e. The summed E-state index contributed by atoms with van der Waals surface area (Å²) < 4.78 is 26.0. The van der Waals surface area contributed by atoms with E-state index < -0.39 is 15.1 Å². The number of hydrogen-bond donors (Lipinski definition) is 0. The largest absolute Gasteiger partial charge is 0.256 e. The molecule has 1 unspecified atom stereocenters. The standard InChI is InChI=1S/C25H25ClNO2S/c1-18(19-8-3-2-4-9-19)16-25-21(11-7-15-30(25,28)29)20-13-14-24(27-17-20)22-10-5-6-12-23(22)26/h2-6,8-14,17-18,21,25H,7,15-16H2,1H3/t18-,21?,25-/m0/s1. The molecular weight excluding hydrogens is 414 g/mol. The molecule has 3 nitrogen and oxygen atoms in total. The highest BCUT2D eigenvalue weighted by Gasteiger charge is 2.39. The second-order valence-electron chi connectivity index (χ2n) is 7.96. The molecule has 2 aromatic carbocycles. The van der Waals surface area contributed by atoms with Crippen molar-refractivity contribution >= 4 is 21.4 Å². The van der Waals surface area contributed by atoms with Crippen LogP contribution in [0, 0.1) is 6.42 Å². The van der Waals surface area contributed by atoms with Crippen LogP contribution in [0.2, 0.25) is 5.02 Å². The van der Waals surface area contributed by atoms with Gasteiger partial charge in [0.1, 0.15) is 0 Å². The lowest BCUT2D eigenvalue weighted by Gasteiger charge is -2.33. The fraction of sp³-hybridized carbons (Fsp3) is 0.280. The van der Waals surface area contributed by atoms with E-state index in [2.05, 4.69) is 30.5 Å². The maximum atomic E-state index is 13.0. The van der Waals surface area contributed by atoms with Crippen LogP contribution in [0.3, 0.4) is 0 Å². The van der Waals surface area contributed by atoms with Gasteiger partial charge in [-0.2, -0.15) is 0 Å². The molecule has 1 saturated heterocycles. The van der Waals surface area contributed by atoms with Crippen molar-refractivity contribution in [3.05, 3.63) is 95.5 Å². The summed E-state index contributed by atoms with van der Waals surface area (Å²) in [6.07, 6.45) is 5.13. The van der Waals surface area contributed by atoms with Gasteiger partial charge in [0, 0.05) is 22.7 Å². The first-order valence-electron chi connectivity index (χ1n) is 10.3. The highest BCUT2D eigenvalue weighted by atomic mass is 35.5. The summed E-state index contributed by atoms with van der Waals surface area (Å²) in [6, 6.07) is 21.6. The zero-order valence-electron chi connectivity index (χ0n) is 16.9. The molecule has 1 aliphatic heterocycles. The molecule has 1 fully saturated rings. The number of halogens is 1. The maximum absolute atomic E-state index is 13.0. The molecule has 0 spiro atoms. The lowest BCUT2D eigenvalue weighted by molar-refractivity contribution is 0.511. The van der Waals surface area contributed by atoms with Crippen molar-refractivity contribution in [3.63, 3.8) is 0 Å². The normalized spacial score (nSPS) is 21.8. The van der Waals surface area contributed by atoms with E-state index in [9.17, 15) is 8.42 Å². The van der Waals surface area contributed by atoms with E-state index in [1.165, 1.54) is 5.56 Å². The summed E-state index contributed by atoms with van der Waals surface area (Å²) in [6.45, 7) is 2.11. The molecule has 0 amide bonds. The Kier molecular flexibility index (Phi) is 6.26. The second kappa shape index (κ2) is 8.91. The summed E-state index contributed by atoms with van der Waals surface area (Å²) in [7, 11) is -3.17. The van der Waals surface area contributed by atoms with Gasteiger partial charge in [0.2, 0.25) is 0 Å². The lowest BCUT2D eigenvalue weighted by Crippen LogP contribution is -2.36. The van der Waals surface area contributed by atoms with E-state index in [-0.39, 0.29) is 17.6 Å². The molecular formula is C25H25ClNO2S. The van der Waals surface area contributed by atoms with Crippen molar-refractivity contribution in [1.29, 1.82) is 0 Å². The van der Waals surface area contributed by atoms with Gasteiger partial charge in [-0.05, 0) is 48.4 Å². The quantitative estimate of drug-likeness (QED) is 0.485. The SMILES string of the molecule is C[C@@H](C[C@H]1C(c2ccc(-c3ccccc3Cl)nc2)[CH]CCS1(=O)=O)c1ccccc1. The van der Waals surface area contributed by atoms with Crippen LogP contribution in [0.25, 0.3) is 11.3 Å². The molecule has 1 radical (unpaired) electrons. The van der Waals surface area contributed by atoms with Crippen LogP contribution in [0.5, 0.6) is 0 Å². The van der Waals surface area contributed by atoms with Crippen LogP contribution in [-0.2, 0) is 9.84 Å². The average molecular weight is 439 g/mol. The first-order valence-corrected chi connectivity index (χ1v) is 12.4. The van der Waals surface area contributed by atoms with Crippen LogP contribution < -0.4 is 0 Å². The van der Waals surface area contributed by atoms with E-state index >= 15 is 0 Å². The molecule has 4 rings (SSSR count). The second-order valence-corrected chi connectivity index (χ2v) is 10.7. The summed E-state index contributed by atoms with van der Waals surface area (Å²) in [5, 5.41) is 0.216. The molecule has 3 atom stereocenters. The Bertz CT molecular complexity index is 1100. The van der Waals surface area contributed by atoms with Gasteiger partial charge in [-0.25, -0.2) is 8.42 Å². The number of aromatic nitrogens is 1. The number of nitrogens with zero attached hydrogens (tertiary/aromatic N) is 1. The molecule has 0 N–H and O–H groups in total. The molecule has 1 aromatic heterocycles. The third-order valence-corrected chi connectivity index (χ3v) is 8.50. The smallest absolute Gasteiger partial charge is 0.153 e. The lowest BCUT2D eigenvalue weighted by atomic mass is 9.85. The van der Waals surface area contributed by atoms with E-state index in [0.29, 0.717) is 17.9 Å². The van der Waals surface area contributed by atoms with Gasteiger partial charge in [-0.3, -0.25) is 4.98 Å². The molecule has 30 heavy (non-hydrogen) atoms. The number of benzene rings is 2. The van der Waals surface area contributed by atoms with Crippen LogP contribution in [-0.4, -0.2) is 24.4 Å². The number of hydrogen-bond acceptors (Lipinski definition) is 3.